The van der Waals surface area contributed by atoms with Gasteiger partial charge in [0.05, 0.1) is 11.5 Å². The van der Waals surface area contributed by atoms with E-state index in [2.05, 4.69) is 15.3 Å². The molecule has 1 saturated heterocycles. The molecular formula is C16H16F2N4O3S. The van der Waals surface area contributed by atoms with E-state index in [1.807, 2.05) is 0 Å². The Hall–Kier alpha value is -2.62. The summed E-state index contributed by atoms with van der Waals surface area (Å²) in [6, 6.07) is 4.30. The van der Waals surface area contributed by atoms with Gasteiger partial charge in [-0.1, -0.05) is 6.07 Å². The largest absolute Gasteiger partial charge is 0.336 e. The van der Waals surface area contributed by atoms with Gasteiger partial charge in [-0.05, 0) is 24.6 Å². The van der Waals surface area contributed by atoms with Crippen LogP contribution in [0.3, 0.4) is 0 Å². The van der Waals surface area contributed by atoms with Crippen molar-refractivity contribution in [2.75, 3.05) is 23.9 Å². The van der Waals surface area contributed by atoms with Crippen LogP contribution < -0.4 is 5.32 Å². The SMILES string of the molecule is CN(C(=O)c1ccnc(Nc2c(F)cccc2F)n1)C1CCS(=O)(=O)C1. The van der Waals surface area contributed by atoms with E-state index >= 15 is 0 Å². The van der Waals surface area contributed by atoms with Crippen LogP contribution in [0.1, 0.15) is 16.9 Å². The molecule has 1 aromatic carbocycles. The number of amides is 1. The number of carbonyl (C=O) groups excluding carboxylic acids is 1. The second kappa shape index (κ2) is 6.94. The lowest BCUT2D eigenvalue weighted by molar-refractivity contribution is 0.0741. The maximum Gasteiger partial charge on any atom is 0.272 e. The summed E-state index contributed by atoms with van der Waals surface area (Å²) in [5.74, 6) is -2.33. The van der Waals surface area contributed by atoms with Gasteiger partial charge in [-0.3, -0.25) is 4.79 Å². The van der Waals surface area contributed by atoms with Gasteiger partial charge in [0.25, 0.3) is 5.91 Å². The molecule has 0 saturated carbocycles. The van der Waals surface area contributed by atoms with Crippen LogP contribution in [-0.4, -0.2) is 53.8 Å². The van der Waals surface area contributed by atoms with Gasteiger partial charge < -0.3 is 10.2 Å². The summed E-state index contributed by atoms with van der Waals surface area (Å²) in [7, 11) is -1.64. The highest BCUT2D eigenvalue weighted by Crippen LogP contribution is 2.22. The second-order valence-corrected chi connectivity index (χ2v) is 8.19. The number of rotatable bonds is 4. The van der Waals surface area contributed by atoms with Crippen LogP contribution in [0.15, 0.2) is 30.5 Å². The molecule has 138 valence electrons. The van der Waals surface area contributed by atoms with Crippen molar-refractivity contribution in [2.24, 2.45) is 0 Å². The fourth-order valence-electron chi connectivity index (χ4n) is 2.69. The highest BCUT2D eigenvalue weighted by molar-refractivity contribution is 7.91. The second-order valence-electron chi connectivity index (χ2n) is 5.96. The highest BCUT2D eigenvalue weighted by atomic mass is 32.2. The summed E-state index contributed by atoms with van der Waals surface area (Å²) in [6.07, 6.45) is 1.64. The Morgan fingerprint density at radius 1 is 1.27 bits per heavy atom. The monoisotopic (exact) mass is 382 g/mol. The predicted octanol–water partition coefficient (Wildman–Crippen LogP) is 1.76. The third-order valence-electron chi connectivity index (χ3n) is 4.15. The molecular weight excluding hydrogens is 366 g/mol. The molecule has 1 N–H and O–H groups in total. The molecule has 7 nitrogen and oxygen atoms in total. The Balaban J connectivity index is 1.80. The van der Waals surface area contributed by atoms with Gasteiger partial charge in [0.1, 0.15) is 23.0 Å². The van der Waals surface area contributed by atoms with Crippen LogP contribution in [-0.2, 0) is 9.84 Å². The zero-order valence-electron chi connectivity index (χ0n) is 13.8. The lowest BCUT2D eigenvalue weighted by atomic mass is 10.2. The van der Waals surface area contributed by atoms with E-state index in [0.29, 0.717) is 6.42 Å². The van der Waals surface area contributed by atoms with Gasteiger partial charge in [-0.25, -0.2) is 27.2 Å². The first-order chi connectivity index (χ1) is 12.3. The number of halogens is 2. The number of anilines is 2. The van der Waals surface area contributed by atoms with Gasteiger partial charge >= 0.3 is 0 Å². The highest BCUT2D eigenvalue weighted by Gasteiger charge is 2.33. The molecule has 0 spiro atoms. The summed E-state index contributed by atoms with van der Waals surface area (Å²) >= 11 is 0. The molecule has 2 aromatic rings. The average molecular weight is 382 g/mol. The summed E-state index contributed by atoms with van der Waals surface area (Å²) < 4.78 is 50.6. The van der Waals surface area contributed by atoms with E-state index in [-0.39, 0.29) is 23.1 Å². The summed E-state index contributed by atoms with van der Waals surface area (Å²) in [5, 5.41) is 2.42. The van der Waals surface area contributed by atoms with Crippen molar-refractivity contribution in [3.8, 4) is 0 Å². The van der Waals surface area contributed by atoms with E-state index in [1.165, 1.54) is 30.3 Å². The number of aromatic nitrogens is 2. The number of hydrogen-bond acceptors (Lipinski definition) is 6. The molecule has 0 radical (unpaired) electrons. The first kappa shape index (κ1) is 18.2. The molecule has 26 heavy (non-hydrogen) atoms. The maximum atomic E-state index is 13.7. The standard InChI is InChI=1S/C16H16F2N4O3S/c1-22(10-6-8-26(24,25)9-10)15(23)13-5-7-19-16(20-13)21-14-11(17)3-2-4-12(14)18/h2-5,7,10H,6,8-9H2,1H3,(H,19,20,21). The van der Waals surface area contributed by atoms with Gasteiger partial charge in [0, 0.05) is 19.3 Å². The molecule has 1 unspecified atom stereocenters. The molecule has 0 bridgehead atoms. The average Bonchev–Trinajstić information content (AvgIpc) is 2.97. The molecule has 1 fully saturated rings. The minimum atomic E-state index is -3.14. The Labute approximate surface area is 149 Å². The van der Waals surface area contributed by atoms with Crippen LogP contribution in [0.5, 0.6) is 0 Å². The first-order valence-electron chi connectivity index (χ1n) is 7.78. The van der Waals surface area contributed by atoms with Crippen LogP contribution in [0.4, 0.5) is 20.4 Å². The zero-order chi connectivity index (χ0) is 18.9. The summed E-state index contributed by atoms with van der Waals surface area (Å²) in [4.78, 5) is 21.7. The third kappa shape index (κ3) is 3.79. The number of nitrogens with one attached hydrogen (secondary N) is 1. The van der Waals surface area contributed by atoms with Crippen molar-refractivity contribution in [3.63, 3.8) is 0 Å². The molecule has 1 aliphatic rings. The Morgan fingerprint density at radius 3 is 2.58 bits per heavy atom. The van der Waals surface area contributed by atoms with Gasteiger partial charge in [-0.15, -0.1) is 0 Å². The fraction of sp³-hybridized carbons (Fsp3) is 0.312. The normalized spacial score (nSPS) is 18.5. The fourth-order valence-corrected chi connectivity index (χ4v) is 4.47. The van der Waals surface area contributed by atoms with E-state index < -0.39 is 39.1 Å². The molecule has 0 aliphatic carbocycles. The molecule has 1 amide bonds. The lowest BCUT2D eigenvalue weighted by Gasteiger charge is -2.23. The number of carbonyl (C=O) groups is 1. The van der Waals surface area contributed by atoms with Crippen LogP contribution in [0.2, 0.25) is 0 Å². The maximum absolute atomic E-state index is 13.7. The number of hydrogen-bond donors (Lipinski definition) is 1. The van der Waals surface area contributed by atoms with Crippen molar-refractivity contribution in [1.82, 2.24) is 14.9 Å². The van der Waals surface area contributed by atoms with Gasteiger partial charge in [-0.2, -0.15) is 0 Å². The quantitative estimate of drug-likeness (QED) is 0.866. The molecule has 1 aliphatic heterocycles. The summed E-state index contributed by atoms with van der Waals surface area (Å²) in [6.45, 7) is 0. The Kier molecular flexibility index (Phi) is 4.86. The molecule has 2 heterocycles. The lowest BCUT2D eigenvalue weighted by Crippen LogP contribution is -2.38. The Morgan fingerprint density at radius 2 is 1.96 bits per heavy atom. The molecule has 1 atom stereocenters. The molecule has 1 aromatic heterocycles. The van der Waals surface area contributed by atoms with E-state index in [1.54, 1.807) is 0 Å². The van der Waals surface area contributed by atoms with Crippen LogP contribution in [0.25, 0.3) is 0 Å². The van der Waals surface area contributed by atoms with Crippen LogP contribution >= 0.6 is 0 Å². The number of benzene rings is 1. The van der Waals surface area contributed by atoms with E-state index in [9.17, 15) is 22.0 Å². The van der Waals surface area contributed by atoms with Crippen molar-refractivity contribution in [3.05, 3.63) is 47.8 Å². The number of sulfone groups is 1. The van der Waals surface area contributed by atoms with Crippen LogP contribution in [0, 0.1) is 11.6 Å². The minimum Gasteiger partial charge on any atom is -0.336 e. The van der Waals surface area contributed by atoms with E-state index in [4.69, 9.17) is 0 Å². The predicted molar refractivity (Wildman–Crippen MR) is 90.8 cm³/mol. The number of nitrogens with zero attached hydrogens (tertiary/aromatic N) is 3. The smallest absolute Gasteiger partial charge is 0.272 e. The van der Waals surface area contributed by atoms with Crippen molar-refractivity contribution >= 4 is 27.4 Å². The van der Waals surface area contributed by atoms with Crippen molar-refractivity contribution < 1.29 is 22.0 Å². The summed E-state index contributed by atoms with van der Waals surface area (Å²) in [5.41, 5.74) is -0.432. The zero-order valence-corrected chi connectivity index (χ0v) is 14.6. The Bertz CT molecular complexity index is 932. The van der Waals surface area contributed by atoms with Gasteiger partial charge in [0.15, 0.2) is 9.84 Å². The number of para-hydroxylation sites is 1. The van der Waals surface area contributed by atoms with Crippen molar-refractivity contribution in [2.45, 2.75) is 12.5 Å². The van der Waals surface area contributed by atoms with Crippen molar-refractivity contribution in [1.29, 1.82) is 0 Å². The topological polar surface area (TPSA) is 92.3 Å². The molecule has 10 heteroatoms. The minimum absolute atomic E-state index is 0.00829. The first-order valence-corrected chi connectivity index (χ1v) is 9.60. The van der Waals surface area contributed by atoms with E-state index in [0.717, 1.165) is 12.1 Å². The molecule has 3 rings (SSSR count). The van der Waals surface area contributed by atoms with Gasteiger partial charge in [0.2, 0.25) is 5.95 Å². The third-order valence-corrected chi connectivity index (χ3v) is 5.90.